The van der Waals surface area contributed by atoms with Crippen LogP contribution < -0.4 is 21.1 Å². The molecule has 0 aliphatic carbocycles. The van der Waals surface area contributed by atoms with Crippen LogP contribution in [-0.2, 0) is 11.3 Å². The number of rotatable bonds is 6. The van der Waals surface area contributed by atoms with Gasteiger partial charge in [0, 0.05) is 93.3 Å². The van der Waals surface area contributed by atoms with Gasteiger partial charge in [-0.05, 0) is 43.2 Å². The maximum Gasteiger partial charge on any atom is 0.324 e. The molecule has 0 radical (unpaired) electrons. The largest absolute Gasteiger partial charge is 0.381 e. The number of carbonyl (C=O) groups is 1. The van der Waals surface area contributed by atoms with Crippen molar-refractivity contribution in [1.82, 2.24) is 19.9 Å². The molecular formula is C31H31N7O3S2. The van der Waals surface area contributed by atoms with E-state index in [4.69, 9.17) is 4.74 Å². The smallest absolute Gasteiger partial charge is 0.324 e. The number of likely N-dealkylation sites (tertiary alicyclic amines) is 1. The summed E-state index contributed by atoms with van der Waals surface area (Å²) in [6.45, 7) is 5.01. The zero-order valence-electron chi connectivity index (χ0n) is 23.5. The van der Waals surface area contributed by atoms with E-state index in [-0.39, 0.29) is 11.6 Å². The molecule has 5 heterocycles. The molecule has 0 saturated carbocycles. The van der Waals surface area contributed by atoms with E-state index < -0.39 is 0 Å². The molecule has 3 aliphatic rings. The van der Waals surface area contributed by atoms with Crippen LogP contribution in [0.2, 0.25) is 0 Å². The molecule has 3 N–H and O–H groups in total. The van der Waals surface area contributed by atoms with Crippen LogP contribution in [0.3, 0.4) is 0 Å². The molecule has 0 unspecified atom stereocenters. The average molecular weight is 614 g/mol. The van der Waals surface area contributed by atoms with Crippen molar-refractivity contribution in [2.45, 2.75) is 39.0 Å². The Labute approximate surface area is 257 Å². The van der Waals surface area contributed by atoms with E-state index in [1.54, 1.807) is 46.9 Å². The number of carbonyl (C=O) groups excluding carboxylic acids is 1. The van der Waals surface area contributed by atoms with E-state index in [1.807, 2.05) is 6.07 Å². The molecule has 0 atom stereocenters. The number of nitrogens with zero attached hydrogens (tertiary/aromatic N) is 4. The van der Waals surface area contributed by atoms with E-state index in [0.29, 0.717) is 25.7 Å². The van der Waals surface area contributed by atoms with Gasteiger partial charge in [-0.25, -0.2) is 14.8 Å². The minimum Gasteiger partial charge on any atom is -0.381 e. The highest BCUT2D eigenvalue weighted by atomic mass is 32.2. The Kier molecular flexibility index (Phi) is 7.96. The Bertz CT molecular complexity index is 1700. The SMILES string of the molecule is O=C(Nc1ncc(CNc2ccc3c(c2)Sc2cccc(-c4cc(N5CCOCC5)cc(=O)[nH]4)c2S3)cn1)N1CCCC1. The number of nitrogens with one attached hydrogen (secondary N) is 3. The van der Waals surface area contributed by atoms with Crippen molar-refractivity contribution in [3.63, 3.8) is 0 Å². The molecule has 43 heavy (non-hydrogen) atoms. The number of benzene rings is 2. The number of urea groups is 1. The average Bonchev–Trinajstić information content (AvgIpc) is 3.59. The number of morpholine rings is 1. The van der Waals surface area contributed by atoms with Crippen LogP contribution in [-0.4, -0.2) is 65.3 Å². The summed E-state index contributed by atoms with van der Waals surface area (Å²) in [7, 11) is 0. The Morgan fingerprint density at radius 1 is 0.930 bits per heavy atom. The highest BCUT2D eigenvalue weighted by Crippen LogP contribution is 2.52. The topological polar surface area (TPSA) is 115 Å². The van der Waals surface area contributed by atoms with Gasteiger partial charge in [-0.15, -0.1) is 0 Å². The maximum atomic E-state index is 12.6. The zero-order chi connectivity index (χ0) is 29.2. The van der Waals surface area contributed by atoms with Crippen LogP contribution in [0.25, 0.3) is 11.3 Å². The highest BCUT2D eigenvalue weighted by Gasteiger charge is 2.23. The molecule has 0 spiro atoms. The summed E-state index contributed by atoms with van der Waals surface area (Å²) < 4.78 is 5.49. The monoisotopic (exact) mass is 613 g/mol. The van der Waals surface area contributed by atoms with Gasteiger partial charge in [0.05, 0.1) is 18.9 Å². The van der Waals surface area contributed by atoms with Gasteiger partial charge in [-0.2, -0.15) is 0 Å². The summed E-state index contributed by atoms with van der Waals surface area (Å²) in [5.41, 5.74) is 4.59. The summed E-state index contributed by atoms with van der Waals surface area (Å²) in [6, 6.07) is 16.2. The summed E-state index contributed by atoms with van der Waals surface area (Å²) in [5, 5.41) is 6.25. The number of aromatic nitrogens is 3. The third kappa shape index (κ3) is 6.22. The van der Waals surface area contributed by atoms with Crippen molar-refractivity contribution in [3.05, 3.63) is 76.8 Å². The minimum absolute atomic E-state index is 0.104. The van der Waals surface area contributed by atoms with Gasteiger partial charge in [-0.1, -0.05) is 35.7 Å². The van der Waals surface area contributed by atoms with Crippen molar-refractivity contribution in [1.29, 1.82) is 0 Å². The number of H-pyrrole nitrogens is 1. The van der Waals surface area contributed by atoms with Crippen LogP contribution in [0.5, 0.6) is 0 Å². The third-order valence-electron chi connectivity index (χ3n) is 7.66. The van der Waals surface area contributed by atoms with Gasteiger partial charge in [0.2, 0.25) is 11.5 Å². The molecule has 3 aliphatic heterocycles. The van der Waals surface area contributed by atoms with Crippen molar-refractivity contribution >= 4 is 46.9 Å². The zero-order valence-corrected chi connectivity index (χ0v) is 25.1. The first-order chi connectivity index (χ1) is 21.1. The third-order valence-corrected chi connectivity index (χ3v) is 10.3. The van der Waals surface area contributed by atoms with Crippen LogP contribution in [0.15, 0.2) is 85.3 Å². The second kappa shape index (κ2) is 12.3. The molecule has 12 heteroatoms. The van der Waals surface area contributed by atoms with Gasteiger partial charge >= 0.3 is 6.03 Å². The lowest BCUT2D eigenvalue weighted by molar-refractivity contribution is 0.122. The Morgan fingerprint density at radius 2 is 1.74 bits per heavy atom. The van der Waals surface area contributed by atoms with Crippen molar-refractivity contribution in [2.24, 2.45) is 0 Å². The number of fused-ring (bicyclic) bond motifs is 2. The highest BCUT2D eigenvalue weighted by molar-refractivity contribution is 8.05. The number of pyridine rings is 1. The predicted octanol–water partition coefficient (Wildman–Crippen LogP) is 5.52. The molecule has 2 aromatic carbocycles. The lowest BCUT2D eigenvalue weighted by atomic mass is 10.1. The number of aromatic amines is 1. The maximum absolute atomic E-state index is 12.6. The summed E-state index contributed by atoms with van der Waals surface area (Å²) in [4.78, 5) is 45.3. The van der Waals surface area contributed by atoms with Crippen molar-refractivity contribution in [3.8, 4) is 11.3 Å². The molecule has 2 amide bonds. The molecule has 2 fully saturated rings. The second-order valence-electron chi connectivity index (χ2n) is 10.6. The standard InChI is InChI=1S/C31H31N7O3S2/c39-28-16-22(37-10-12-41-13-11-37)15-24(35-28)23-4-3-5-26-29(23)43-25-7-6-21(14-27(25)42-26)32-17-20-18-33-30(34-19-20)36-31(40)38-8-1-2-9-38/h3-7,14-16,18-19,32H,1-2,8-13,17H2,(H,35,39)(H,33,34,36,40). The lowest BCUT2D eigenvalue weighted by Gasteiger charge is -2.29. The van der Waals surface area contributed by atoms with Gasteiger partial charge in [0.1, 0.15) is 0 Å². The first kappa shape index (κ1) is 27.8. The Hall–Kier alpha value is -4.00. The van der Waals surface area contributed by atoms with Gasteiger partial charge in [0.25, 0.3) is 0 Å². The Morgan fingerprint density at radius 3 is 2.56 bits per heavy atom. The predicted molar refractivity (Wildman–Crippen MR) is 169 cm³/mol. The van der Waals surface area contributed by atoms with E-state index in [1.165, 1.54) is 9.79 Å². The van der Waals surface area contributed by atoms with Gasteiger partial charge in [-0.3, -0.25) is 10.1 Å². The Balaban J connectivity index is 1.03. The molecule has 7 rings (SSSR count). The number of hydrogen-bond donors (Lipinski definition) is 3. The van der Waals surface area contributed by atoms with Gasteiger partial charge < -0.3 is 24.8 Å². The first-order valence-electron chi connectivity index (χ1n) is 14.4. The van der Waals surface area contributed by atoms with E-state index in [0.717, 1.165) is 77.0 Å². The second-order valence-corrected chi connectivity index (χ2v) is 12.7. The summed E-state index contributed by atoms with van der Waals surface area (Å²) >= 11 is 3.46. The van der Waals surface area contributed by atoms with E-state index >= 15 is 0 Å². The lowest BCUT2D eigenvalue weighted by Crippen LogP contribution is -2.36. The normalized spacial score (nSPS) is 16.0. The number of anilines is 3. The number of ether oxygens (including phenoxy) is 1. The first-order valence-corrected chi connectivity index (χ1v) is 16.0. The molecule has 2 aromatic heterocycles. The van der Waals surface area contributed by atoms with Crippen molar-refractivity contribution in [2.75, 3.05) is 54.9 Å². The van der Waals surface area contributed by atoms with Crippen molar-refractivity contribution < 1.29 is 9.53 Å². The fraction of sp³-hybridized carbons (Fsp3) is 0.290. The van der Waals surface area contributed by atoms with Gasteiger partial charge in [0.15, 0.2) is 0 Å². The fourth-order valence-corrected chi connectivity index (χ4v) is 7.82. The van der Waals surface area contributed by atoms with E-state index in [2.05, 4.69) is 66.9 Å². The molecule has 2 saturated heterocycles. The fourth-order valence-electron chi connectivity index (χ4n) is 5.41. The van der Waals surface area contributed by atoms with Crippen LogP contribution in [0.1, 0.15) is 18.4 Å². The molecule has 10 nitrogen and oxygen atoms in total. The minimum atomic E-state index is -0.142. The molecular weight excluding hydrogens is 583 g/mol. The molecule has 0 bridgehead atoms. The summed E-state index contributed by atoms with van der Waals surface area (Å²) in [5.74, 6) is 0.317. The number of amides is 2. The van der Waals surface area contributed by atoms with E-state index in [9.17, 15) is 9.59 Å². The van der Waals surface area contributed by atoms with Crippen LogP contribution in [0.4, 0.5) is 22.1 Å². The number of hydrogen-bond acceptors (Lipinski definition) is 9. The van der Waals surface area contributed by atoms with Crippen LogP contribution in [0, 0.1) is 0 Å². The quantitative estimate of drug-likeness (QED) is 0.228. The molecule has 220 valence electrons. The van der Waals surface area contributed by atoms with Crippen LogP contribution >= 0.6 is 23.5 Å². The summed E-state index contributed by atoms with van der Waals surface area (Å²) in [6.07, 6.45) is 5.55. The molecule has 4 aromatic rings.